The van der Waals surface area contributed by atoms with Crippen LogP contribution in [0.25, 0.3) is 22.2 Å². The molecule has 0 fully saturated rings. The molecule has 0 aliphatic heterocycles. The summed E-state index contributed by atoms with van der Waals surface area (Å²) in [5.41, 5.74) is 3.40. The number of fused-ring (bicyclic) bond motifs is 1. The molecule has 0 aliphatic rings. The van der Waals surface area contributed by atoms with E-state index in [4.69, 9.17) is 0 Å². The number of rotatable bonds is 6. The van der Waals surface area contributed by atoms with Gasteiger partial charge in [0.25, 0.3) is 0 Å². The van der Waals surface area contributed by atoms with Gasteiger partial charge in [-0.25, -0.2) is 19.2 Å². The van der Waals surface area contributed by atoms with Gasteiger partial charge in [-0.15, -0.1) is 0 Å². The summed E-state index contributed by atoms with van der Waals surface area (Å²) in [5, 5.41) is 4.52. The van der Waals surface area contributed by atoms with Crippen LogP contribution in [0.15, 0.2) is 60.9 Å². The van der Waals surface area contributed by atoms with E-state index < -0.39 is 11.8 Å². The van der Waals surface area contributed by atoms with Crippen molar-refractivity contribution in [2.24, 2.45) is 0 Å². The van der Waals surface area contributed by atoms with E-state index in [1.54, 1.807) is 12.1 Å². The van der Waals surface area contributed by atoms with Crippen molar-refractivity contribution in [1.29, 1.82) is 0 Å². The van der Waals surface area contributed by atoms with Crippen LogP contribution in [0.5, 0.6) is 0 Å². The second-order valence-corrected chi connectivity index (χ2v) is 6.90. The molecule has 0 saturated carbocycles. The molecule has 4 rings (SSSR count). The van der Waals surface area contributed by atoms with E-state index >= 15 is 0 Å². The Hall–Kier alpha value is -3.74. The van der Waals surface area contributed by atoms with E-state index in [0.717, 1.165) is 6.54 Å². The van der Waals surface area contributed by atoms with E-state index in [9.17, 15) is 9.18 Å². The maximum absolute atomic E-state index is 14.2. The second kappa shape index (κ2) is 8.32. The summed E-state index contributed by atoms with van der Waals surface area (Å²) in [4.78, 5) is 20.0. The average Bonchev–Trinajstić information content (AvgIpc) is 3.08. The van der Waals surface area contributed by atoms with Crippen molar-refractivity contribution >= 4 is 22.7 Å². The molecule has 0 atom stereocenters. The van der Waals surface area contributed by atoms with Crippen molar-refractivity contribution < 1.29 is 13.9 Å². The molecule has 0 radical (unpaired) electrons. The van der Waals surface area contributed by atoms with E-state index in [0.29, 0.717) is 23.6 Å². The number of methoxy groups -OCH3 is 1. The lowest BCUT2D eigenvalue weighted by molar-refractivity contribution is 0.0595. The Kier molecular flexibility index (Phi) is 5.43. The Morgan fingerprint density at radius 3 is 2.77 bits per heavy atom. The first-order valence-corrected chi connectivity index (χ1v) is 9.56. The highest BCUT2D eigenvalue weighted by atomic mass is 19.1. The Morgan fingerprint density at radius 2 is 1.97 bits per heavy atom. The van der Waals surface area contributed by atoms with Crippen LogP contribution in [-0.2, 0) is 11.3 Å². The van der Waals surface area contributed by atoms with Crippen LogP contribution in [0.2, 0.25) is 0 Å². The molecule has 0 bridgehead atoms. The minimum atomic E-state index is -0.711. The first kappa shape index (κ1) is 19.6. The standard InChI is InChI=1S/C23H21FN4O2/c1-15-11-17-5-3-4-6-21(17)28(15)10-9-25-22-13-20(26-14-27-22)16-7-8-18(19(24)12-16)23(29)30-2/h3-8,11-14H,9-10H2,1-2H3,(H,25,26,27). The summed E-state index contributed by atoms with van der Waals surface area (Å²) in [5.74, 6) is -0.717. The normalized spacial score (nSPS) is 10.9. The molecule has 30 heavy (non-hydrogen) atoms. The van der Waals surface area contributed by atoms with Crippen LogP contribution in [0, 0.1) is 12.7 Å². The number of carbonyl (C=O) groups is 1. The number of aryl methyl sites for hydroxylation is 1. The molecule has 2 aromatic heterocycles. The predicted molar refractivity (Wildman–Crippen MR) is 114 cm³/mol. The average molecular weight is 404 g/mol. The molecule has 152 valence electrons. The lowest BCUT2D eigenvalue weighted by Gasteiger charge is -2.11. The Balaban J connectivity index is 1.48. The van der Waals surface area contributed by atoms with Gasteiger partial charge in [-0.2, -0.15) is 0 Å². The third-order valence-electron chi connectivity index (χ3n) is 5.00. The number of esters is 1. The molecule has 6 nitrogen and oxygen atoms in total. The fourth-order valence-electron chi connectivity index (χ4n) is 3.50. The number of carbonyl (C=O) groups excluding carboxylic acids is 1. The van der Waals surface area contributed by atoms with Gasteiger partial charge < -0.3 is 14.6 Å². The zero-order valence-electron chi connectivity index (χ0n) is 16.7. The number of nitrogens with one attached hydrogen (secondary N) is 1. The first-order valence-electron chi connectivity index (χ1n) is 9.56. The molecule has 7 heteroatoms. The maximum Gasteiger partial charge on any atom is 0.340 e. The number of hydrogen-bond acceptors (Lipinski definition) is 5. The van der Waals surface area contributed by atoms with Gasteiger partial charge >= 0.3 is 5.97 Å². The minimum absolute atomic E-state index is 0.108. The van der Waals surface area contributed by atoms with Gasteiger partial charge in [-0.05, 0) is 36.6 Å². The smallest absolute Gasteiger partial charge is 0.340 e. The first-order chi connectivity index (χ1) is 14.6. The number of halogens is 1. The molecule has 2 aromatic carbocycles. The largest absolute Gasteiger partial charge is 0.465 e. The molecular formula is C23H21FN4O2. The lowest BCUT2D eigenvalue weighted by Crippen LogP contribution is -2.12. The van der Waals surface area contributed by atoms with Crippen LogP contribution in [0.4, 0.5) is 10.2 Å². The van der Waals surface area contributed by atoms with Gasteiger partial charge in [-0.3, -0.25) is 0 Å². The Labute approximate surface area is 173 Å². The summed E-state index contributed by atoms with van der Waals surface area (Å²) in [6.07, 6.45) is 1.43. The summed E-state index contributed by atoms with van der Waals surface area (Å²) in [7, 11) is 1.22. The van der Waals surface area contributed by atoms with Crippen LogP contribution in [0.3, 0.4) is 0 Å². The number of benzene rings is 2. The van der Waals surface area contributed by atoms with Crippen molar-refractivity contribution in [3.05, 3.63) is 78.0 Å². The van der Waals surface area contributed by atoms with Gasteiger partial charge in [0.2, 0.25) is 0 Å². The fraction of sp³-hybridized carbons (Fsp3) is 0.174. The Morgan fingerprint density at radius 1 is 1.13 bits per heavy atom. The van der Waals surface area contributed by atoms with E-state index in [1.807, 2.05) is 12.1 Å². The van der Waals surface area contributed by atoms with E-state index in [2.05, 4.69) is 49.7 Å². The monoisotopic (exact) mass is 404 g/mol. The summed E-state index contributed by atoms with van der Waals surface area (Å²) in [6, 6.07) is 16.5. The van der Waals surface area contributed by atoms with Crippen LogP contribution >= 0.6 is 0 Å². The van der Waals surface area contributed by atoms with Crippen molar-refractivity contribution in [3.8, 4) is 11.3 Å². The predicted octanol–water partition coefficient (Wildman–Crippen LogP) is 4.44. The highest BCUT2D eigenvalue weighted by molar-refractivity contribution is 5.90. The molecule has 0 unspecified atom stereocenters. The molecule has 0 amide bonds. The number of nitrogens with zero attached hydrogens (tertiary/aromatic N) is 3. The van der Waals surface area contributed by atoms with Crippen LogP contribution in [0.1, 0.15) is 16.1 Å². The van der Waals surface area contributed by atoms with Crippen molar-refractivity contribution in [2.45, 2.75) is 13.5 Å². The van der Waals surface area contributed by atoms with Crippen molar-refractivity contribution in [3.63, 3.8) is 0 Å². The maximum atomic E-state index is 14.2. The lowest BCUT2D eigenvalue weighted by atomic mass is 10.1. The molecule has 2 heterocycles. The van der Waals surface area contributed by atoms with Gasteiger partial charge in [0.15, 0.2) is 0 Å². The second-order valence-electron chi connectivity index (χ2n) is 6.90. The SMILES string of the molecule is COC(=O)c1ccc(-c2cc(NCCn3c(C)cc4ccccc43)ncn2)cc1F. The number of para-hydroxylation sites is 1. The number of ether oxygens (including phenoxy) is 1. The zero-order chi connectivity index (χ0) is 21.1. The third-order valence-corrected chi connectivity index (χ3v) is 5.00. The molecule has 0 spiro atoms. The zero-order valence-corrected chi connectivity index (χ0v) is 16.7. The summed E-state index contributed by atoms with van der Waals surface area (Å²) < 4.78 is 21.1. The number of hydrogen-bond donors (Lipinski definition) is 1. The minimum Gasteiger partial charge on any atom is -0.465 e. The quantitative estimate of drug-likeness (QED) is 0.481. The highest BCUT2D eigenvalue weighted by Gasteiger charge is 2.13. The van der Waals surface area contributed by atoms with E-state index in [-0.39, 0.29) is 5.56 Å². The van der Waals surface area contributed by atoms with Gasteiger partial charge in [0.05, 0.1) is 18.4 Å². The van der Waals surface area contributed by atoms with Crippen molar-refractivity contribution in [1.82, 2.24) is 14.5 Å². The van der Waals surface area contributed by atoms with Crippen molar-refractivity contribution in [2.75, 3.05) is 19.0 Å². The summed E-state index contributed by atoms with van der Waals surface area (Å²) in [6.45, 7) is 3.54. The van der Waals surface area contributed by atoms with Crippen LogP contribution in [-0.4, -0.2) is 34.2 Å². The molecular weight excluding hydrogens is 383 g/mol. The molecule has 1 N–H and O–H groups in total. The van der Waals surface area contributed by atoms with Gasteiger partial charge in [0.1, 0.15) is 18.0 Å². The summed E-state index contributed by atoms with van der Waals surface area (Å²) >= 11 is 0. The fourth-order valence-corrected chi connectivity index (χ4v) is 3.50. The highest BCUT2D eigenvalue weighted by Crippen LogP contribution is 2.22. The van der Waals surface area contributed by atoms with Gasteiger partial charge in [0, 0.05) is 35.9 Å². The molecule has 0 aliphatic carbocycles. The van der Waals surface area contributed by atoms with Crippen LogP contribution < -0.4 is 5.32 Å². The number of aromatic nitrogens is 3. The van der Waals surface area contributed by atoms with E-state index in [1.165, 1.54) is 42.2 Å². The topological polar surface area (TPSA) is 69.0 Å². The van der Waals surface area contributed by atoms with Gasteiger partial charge in [-0.1, -0.05) is 24.3 Å². The third kappa shape index (κ3) is 3.87. The molecule has 0 saturated heterocycles. The number of anilines is 1. The molecule has 4 aromatic rings. The Bertz CT molecular complexity index is 1220.